The van der Waals surface area contributed by atoms with E-state index in [1.54, 1.807) is 37.8 Å². The smallest absolute Gasteiger partial charge is 0.209 e. The molecule has 10 heteroatoms. The van der Waals surface area contributed by atoms with Gasteiger partial charge in [-0.25, -0.2) is 9.97 Å². The van der Waals surface area contributed by atoms with Gasteiger partial charge in [0.15, 0.2) is 0 Å². The second kappa shape index (κ2) is 9.13. The third kappa shape index (κ3) is 4.62. The molecule has 0 bridgehead atoms. The third-order valence-electron chi connectivity index (χ3n) is 5.59. The predicted octanol–water partition coefficient (Wildman–Crippen LogP) is 3.40. The van der Waals surface area contributed by atoms with Gasteiger partial charge in [-0.3, -0.25) is 4.79 Å². The lowest BCUT2D eigenvalue weighted by molar-refractivity contribution is -0.138. The number of thiol groups is 1. The number of aliphatic hydroxyl groups is 1. The van der Waals surface area contributed by atoms with E-state index in [2.05, 4.69) is 27.9 Å². The monoisotopic (exact) mass is 473 g/mol. The summed E-state index contributed by atoms with van der Waals surface area (Å²) < 4.78 is 5.44. The fourth-order valence-corrected chi connectivity index (χ4v) is 5.49. The molecule has 170 valence electrons. The van der Waals surface area contributed by atoms with Gasteiger partial charge in [-0.05, 0) is 44.2 Å². The lowest BCUT2D eigenvalue weighted by atomic mass is 9.97. The molecule has 5 rings (SSSR count). The van der Waals surface area contributed by atoms with Gasteiger partial charge in [-0.1, -0.05) is 0 Å². The Morgan fingerprint density at radius 2 is 2.06 bits per heavy atom. The molecule has 8 nitrogen and oxygen atoms in total. The molecule has 1 aromatic carbocycles. The molecule has 2 aliphatic rings. The Morgan fingerprint density at radius 1 is 1.31 bits per heavy atom. The number of aryl methyl sites for hydroxylation is 2. The van der Waals surface area contributed by atoms with Gasteiger partial charge in [0.1, 0.15) is 22.7 Å². The number of carbonyl (C=O) groups is 1. The highest BCUT2D eigenvalue weighted by atomic mass is 32.1. The Bertz CT molecular complexity index is 1140. The molecule has 1 fully saturated rings. The minimum Gasteiger partial charge on any atom is -0.494 e. The molecule has 1 saturated heterocycles. The van der Waals surface area contributed by atoms with Gasteiger partial charge in [-0.2, -0.15) is 0 Å². The molecule has 3 aromatic rings. The van der Waals surface area contributed by atoms with Crippen LogP contribution in [0.5, 0.6) is 5.75 Å². The van der Waals surface area contributed by atoms with E-state index in [1.807, 2.05) is 6.07 Å². The van der Waals surface area contributed by atoms with Crippen molar-refractivity contribution in [3.8, 4) is 5.75 Å². The topological polar surface area (TPSA) is 114 Å². The summed E-state index contributed by atoms with van der Waals surface area (Å²) in [6, 6.07) is 3.64. The maximum atomic E-state index is 9.89. The number of benzene rings is 1. The molecule has 32 heavy (non-hydrogen) atoms. The summed E-state index contributed by atoms with van der Waals surface area (Å²) in [5.41, 5.74) is 8.08. The van der Waals surface area contributed by atoms with Crippen molar-refractivity contribution >= 4 is 57.8 Å². The number of hydrogen-bond donors (Lipinski definition) is 4. The molecule has 2 aromatic heterocycles. The van der Waals surface area contributed by atoms with Gasteiger partial charge in [0.2, 0.25) is 6.41 Å². The standard InChI is InChI=1S/C17H18N4OS2.C5H9NO2/c1-22-12-6-10(18)13(23)7-11(12)21-16-15-9-4-2-3-5-14(9)24-17(15)20-8-19-16;1-5(8)2-6(3-5)4-7/h6-8,23H,2-5,18H2,1H3,(H,19,20,21);4,8H,2-3H2,1H3. The number of aromatic nitrogens is 2. The number of amides is 1. The molecule has 1 amide bonds. The maximum Gasteiger partial charge on any atom is 0.209 e. The number of fused-ring (bicyclic) bond motifs is 3. The van der Waals surface area contributed by atoms with E-state index in [9.17, 15) is 4.79 Å². The van der Waals surface area contributed by atoms with Crippen LogP contribution in [0.25, 0.3) is 10.2 Å². The van der Waals surface area contributed by atoms with E-state index < -0.39 is 5.60 Å². The van der Waals surface area contributed by atoms with Gasteiger partial charge >= 0.3 is 0 Å². The maximum absolute atomic E-state index is 9.89. The van der Waals surface area contributed by atoms with Crippen LogP contribution in [0.4, 0.5) is 17.2 Å². The van der Waals surface area contributed by atoms with Crippen LogP contribution in [0.2, 0.25) is 0 Å². The van der Waals surface area contributed by atoms with E-state index in [0.717, 1.165) is 41.0 Å². The van der Waals surface area contributed by atoms with Crippen LogP contribution in [0.3, 0.4) is 0 Å². The summed E-state index contributed by atoms with van der Waals surface area (Å²) in [6.07, 6.45) is 7.07. The summed E-state index contributed by atoms with van der Waals surface area (Å²) in [5.74, 6) is 1.48. The predicted molar refractivity (Wildman–Crippen MR) is 130 cm³/mol. The molecule has 1 aliphatic heterocycles. The highest BCUT2D eigenvalue weighted by Gasteiger charge is 2.35. The van der Waals surface area contributed by atoms with Crippen molar-refractivity contribution in [2.45, 2.75) is 43.1 Å². The Hall–Kier alpha value is -2.56. The van der Waals surface area contributed by atoms with Crippen molar-refractivity contribution in [3.63, 3.8) is 0 Å². The SMILES string of the molecule is CC1(O)CN(C=O)C1.COc1cc(N)c(S)cc1Nc1ncnc2sc3c(c12)CCCC3. The normalized spacial score (nSPS) is 16.4. The first-order valence-corrected chi connectivity index (χ1v) is 11.7. The summed E-state index contributed by atoms with van der Waals surface area (Å²) in [6.45, 7) is 2.68. The Labute approximate surface area is 196 Å². The molecular formula is C22H27N5O3S2. The quantitative estimate of drug-likeness (QED) is 0.261. The second-order valence-corrected chi connectivity index (χ2v) is 9.92. The summed E-state index contributed by atoms with van der Waals surface area (Å²) in [7, 11) is 1.63. The van der Waals surface area contributed by atoms with Crippen LogP contribution in [0.1, 0.15) is 30.2 Å². The first-order chi connectivity index (χ1) is 15.3. The zero-order valence-electron chi connectivity index (χ0n) is 18.1. The number of likely N-dealkylation sites (tertiary alicyclic amines) is 1. The van der Waals surface area contributed by atoms with Crippen LogP contribution < -0.4 is 15.8 Å². The Morgan fingerprint density at radius 3 is 2.72 bits per heavy atom. The van der Waals surface area contributed by atoms with E-state index in [4.69, 9.17) is 15.6 Å². The molecule has 0 unspecified atom stereocenters. The highest BCUT2D eigenvalue weighted by molar-refractivity contribution is 7.80. The van der Waals surface area contributed by atoms with E-state index in [-0.39, 0.29) is 0 Å². The van der Waals surface area contributed by atoms with Crippen LogP contribution in [-0.4, -0.2) is 52.2 Å². The molecule has 0 saturated carbocycles. The second-order valence-electron chi connectivity index (χ2n) is 8.36. The van der Waals surface area contributed by atoms with E-state index in [0.29, 0.717) is 29.4 Å². The number of hydrogen-bond acceptors (Lipinski definition) is 9. The van der Waals surface area contributed by atoms with Crippen LogP contribution in [0, 0.1) is 0 Å². The van der Waals surface area contributed by atoms with Crippen LogP contribution in [0.15, 0.2) is 23.4 Å². The number of ether oxygens (including phenoxy) is 1. The number of nitrogen functional groups attached to an aromatic ring is 1. The number of thiophene rings is 1. The minimum absolute atomic E-state index is 0.483. The molecular weight excluding hydrogens is 446 g/mol. The fraction of sp³-hybridized carbons (Fsp3) is 0.409. The number of carbonyl (C=O) groups excluding carboxylic acids is 1. The van der Waals surface area contributed by atoms with Crippen molar-refractivity contribution in [1.29, 1.82) is 0 Å². The molecule has 0 spiro atoms. The lowest BCUT2D eigenvalue weighted by Gasteiger charge is -2.41. The fourth-order valence-electron chi connectivity index (χ4n) is 4.07. The van der Waals surface area contributed by atoms with Gasteiger partial charge in [-0.15, -0.1) is 24.0 Å². The molecule has 0 atom stereocenters. The highest BCUT2D eigenvalue weighted by Crippen LogP contribution is 2.40. The number of β-amino-alcohol motifs (C(OH)–C–C–N with tert-alkyl or cyclic N) is 1. The Balaban J connectivity index is 0.000000260. The van der Waals surface area contributed by atoms with Crippen molar-refractivity contribution in [2.24, 2.45) is 0 Å². The first-order valence-electron chi connectivity index (χ1n) is 10.4. The van der Waals surface area contributed by atoms with Gasteiger partial charge < -0.3 is 25.8 Å². The van der Waals surface area contributed by atoms with Gasteiger partial charge in [0, 0.05) is 21.5 Å². The number of rotatable bonds is 4. The first kappa shape index (κ1) is 22.6. The molecule has 4 N–H and O–H groups in total. The zero-order valence-corrected chi connectivity index (χ0v) is 19.8. The molecule has 1 aliphatic carbocycles. The molecule has 3 heterocycles. The van der Waals surface area contributed by atoms with Crippen molar-refractivity contribution in [2.75, 3.05) is 31.2 Å². The summed E-state index contributed by atoms with van der Waals surface area (Å²) in [4.78, 5) is 23.6. The van der Waals surface area contributed by atoms with Crippen LogP contribution >= 0.6 is 24.0 Å². The summed E-state index contributed by atoms with van der Waals surface area (Å²) >= 11 is 6.19. The lowest BCUT2D eigenvalue weighted by Crippen LogP contribution is -2.58. The number of nitrogens with one attached hydrogen (secondary N) is 1. The zero-order chi connectivity index (χ0) is 22.9. The van der Waals surface area contributed by atoms with E-state index in [1.165, 1.54) is 28.2 Å². The van der Waals surface area contributed by atoms with Crippen molar-refractivity contribution in [1.82, 2.24) is 14.9 Å². The van der Waals surface area contributed by atoms with Gasteiger partial charge in [0.25, 0.3) is 0 Å². The molecule has 0 radical (unpaired) electrons. The third-order valence-corrected chi connectivity index (χ3v) is 7.18. The number of nitrogens with zero attached hydrogens (tertiary/aromatic N) is 3. The van der Waals surface area contributed by atoms with E-state index >= 15 is 0 Å². The average Bonchev–Trinajstić information content (AvgIpc) is 3.14. The number of anilines is 3. The van der Waals surface area contributed by atoms with Gasteiger partial charge in [0.05, 0.1) is 36.9 Å². The largest absolute Gasteiger partial charge is 0.494 e. The number of nitrogens with two attached hydrogens (primary N) is 1. The van der Waals surface area contributed by atoms with Crippen molar-refractivity contribution in [3.05, 3.63) is 28.9 Å². The van der Waals surface area contributed by atoms with Crippen LogP contribution in [-0.2, 0) is 17.6 Å². The minimum atomic E-state index is -0.610. The number of methoxy groups -OCH3 is 1. The summed E-state index contributed by atoms with van der Waals surface area (Å²) in [5, 5.41) is 13.5. The average molecular weight is 474 g/mol. The Kier molecular flexibility index (Phi) is 6.45. The van der Waals surface area contributed by atoms with Crippen molar-refractivity contribution < 1.29 is 14.6 Å².